The number of methoxy groups -OCH3 is 1. The number of carboxylic acids is 1. The summed E-state index contributed by atoms with van der Waals surface area (Å²) in [5.74, 6) is -1.87. The quantitative estimate of drug-likeness (QED) is 0.568. The Bertz CT molecular complexity index is 320. The van der Waals surface area contributed by atoms with Crippen molar-refractivity contribution >= 4 is 11.9 Å². The Morgan fingerprint density at radius 3 is 2.32 bits per heavy atom. The second-order valence-corrected chi connectivity index (χ2v) is 5.42. The largest absolute Gasteiger partial charge is 0.480 e. The molecule has 0 heterocycles. The summed E-state index contributed by atoms with van der Waals surface area (Å²) >= 11 is 0. The van der Waals surface area contributed by atoms with E-state index in [-0.39, 0.29) is 25.0 Å². The Hall–Kier alpha value is -1.10. The number of hydrogen-bond donors (Lipinski definition) is 1. The second-order valence-electron chi connectivity index (χ2n) is 5.42. The van der Waals surface area contributed by atoms with E-state index in [0.717, 1.165) is 25.7 Å². The fourth-order valence-corrected chi connectivity index (χ4v) is 2.90. The molecule has 110 valence electrons. The normalized spacial score (nSPS) is 19.4. The third-order valence-corrected chi connectivity index (χ3v) is 3.93. The first-order valence-electron chi connectivity index (χ1n) is 6.88. The minimum Gasteiger partial charge on any atom is -0.480 e. The maximum absolute atomic E-state index is 12.1. The van der Waals surface area contributed by atoms with Crippen LogP contribution in [0.25, 0.3) is 0 Å². The molecule has 0 bridgehead atoms. The van der Waals surface area contributed by atoms with Crippen LogP contribution in [0, 0.1) is 11.3 Å². The van der Waals surface area contributed by atoms with Crippen molar-refractivity contribution in [1.82, 2.24) is 0 Å². The Labute approximate surface area is 114 Å². The first-order chi connectivity index (χ1) is 8.95. The van der Waals surface area contributed by atoms with Crippen LogP contribution in [0.1, 0.15) is 46.0 Å². The highest BCUT2D eigenvalue weighted by atomic mass is 16.5. The molecule has 1 unspecified atom stereocenters. The van der Waals surface area contributed by atoms with E-state index in [1.165, 1.54) is 7.11 Å². The number of esters is 1. The van der Waals surface area contributed by atoms with Crippen LogP contribution in [0.4, 0.5) is 0 Å². The van der Waals surface area contributed by atoms with E-state index in [1.54, 1.807) is 0 Å². The van der Waals surface area contributed by atoms with Gasteiger partial charge in [0.25, 0.3) is 0 Å². The minimum atomic E-state index is -1.44. The molecule has 1 rings (SSSR count). The van der Waals surface area contributed by atoms with Gasteiger partial charge < -0.3 is 14.6 Å². The number of ether oxygens (including phenoxy) is 2. The fourth-order valence-electron chi connectivity index (χ4n) is 2.90. The van der Waals surface area contributed by atoms with Gasteiger partial charge in [-0.3, -0.25) is 9.59 Å². The van der Waals surface area contributed by atoms with E-state index in [1.807, 2.05) is 13.8 Å². The van der Waals surface area contributed by atoms with Crippen molar-refractivity contribution in [2.24, 2.45) is 11.3 Å². The van der Waals surface area contributed by atoms with E-state index in [2.05, 4.69) is 0 Å². The third kappa shape index (κ3) is 3.47. The van der Waals surface area contributed by atoms with Crippen molar-refractivity contribution in [1.29, 1.82) is 0 Å². The van der Waals surface area contributed by atoms with Gasteiger partial charge in [-0.05, 0) is 39.0 Å². The van der Waals surface area contributed by atoms with Crippen molar-refractivity contribution in [2.45, 2.75) is 52.1 Å². The van der Waals surface area contributed by atoms with Crippen molar-refractivity contribution in [3.8, 4) is 0 Å². The van der Waals surface area contributed by atoms with Crippen LogP contribution >= 0.6 is 0 Å². The van der Waals surface area contributed by atoms with Crippen molar-refractivity contribution in [3.05, 3.63) is 0 Å². The van der Waals surface area contributed by atoms with Gasteiger partial charge in [-0.15, -0.1) is 0 Å². The average Bonchev–Trinajstić information content (AvgIpc) is 2.87. The lowest BCUT2D eigenvalue weighted by molar-refractivity contribution is -0.174. The molecule has 0 saturated heterocycles. The molecule has 0 aromatic heterocycles. The van der Waals surface area contributed by atoms with E-state index in [4.69, 9.17) is 9.47 Å². The summed E-state index contributed by atoms with van der Waals surface area (Å²) in [6, 6.07) is 0. The van der Waals surface area contributed by atoms with Crippen LogP contribution in [0.15, 0.2) is 0 Å². The van der Waals surface area contributed by atoms with Crippen molar-refractivity contribution in [2.75, 3.05) is 13.7 Å². The predicted molar refractivity (Wildman–Crippen MR) is 69.7 cm³/mol. The maximum atomic E-state index is 12.1. The molecule has 1 atom stereocenters. The smallest absolute Gasteiger partial charge is 0.323 e. The molecule has 0 radical (unpaired) electrons. The van der Waals surface area contributed by atoms with E-state index in [9.17, 15) is 14.7 Å². The minimum absolute atomic E-state index is 0.0210. The summed E-state index contributed by atoms with van der Waals surface area (Å²) < 4.78 is 10.2. The first-order valence-corrected chi connectivity index (χ1v) is 6.88. The Balaban J connectivity index is 2.91. The Morgan fingerprint density at radius 1 is 1.32 bits per heavy atom. The number of aliphatic carboxylic acids is 1. The van der Waals surface area contributed by atoms with Crippen LogP contribution < -0.4 is 0 Å². The molecule has 0 aromatic carbocycles. The number of hydrogen-bond acceptors (Lipinski definition) is 4. The van der Waals surface area contributed by atoms with Gasteiger partial charge >= 0.3 is 11.9 Å². The van der Waals surface area contributed by atoms with Gasteiger partial charge in [-0.25, -0.2) is 0 Å². The fraction of sp³-hybridized carbons (Fsp3) is 0.857. The molecule has 0 aliphatic heterocycles. The van der Waals surface area contributed by atoms with Gasteiger partial charge in [0.15, 0.2) is 5.41 Å². The van der Waals surface area contributed by atoms with Crippen LogP contribution in [-0.4, -0.2) is 36.9 Å². The Kier molecular flexibility index (Phi) is 5.79. The molecule has 19 heavy (non-hydrogen) atoms. The molecule has 1 N–H and O–H groups in total. The lowest BCUT2D eigenvalue weighted by Crippen LogP contribution is -2.46. The van der Waals surface area contributed by atoms with E-state index >= 15 is 0 Å². The summed E-state index contributed by atoms with van der Waals surface area (Å²) in [4.78, 5) is 23.8. The highest BCUT2D eigenvalue weighted by molar-refractivity contribution is 5.99. The topological polar surface area (TPSA) is 72.8 Å². The molecule has 0 spiro atoms. The van der Waals surface area contributed by atoms with Gasteiger partial charge in [0, 0.05) is 6.61 Å². The molecule has 1 aliphatic carbocycles. The number of rotatable bonds is 7. The van der Waals surface area contributed by atoms with Crippen molar-refractivity contribution in [3.63, 3.8) is 0 Å². The summed E-state index contributed by atoms with van der Waals surface area (Å²) in [7, 11) is 1.25. The summed E-state index contributed by atoms with van der Waals surface area (Å²) in [6.07, 6.45) is 3.68. The number of carbonyl (C=O) groups is 2. The molecule has 1 saturated carbocycles. The van der Waals surface area contributed by atoms with Gasteiger partial charge in [0.1, 0.15) is 0 Å². The highest BCUT2D eigenvalue weighted by Crippen LogP contribution is 2.43. The lowest BCUT2D eigenvalue weighted by Gasteiger charge is -2.32. The van der Waals surface area contributed by atoms with Crippen LogP contribution in [-0.2, 0) is 19.1 Å². The summed E-state index contributed by atoms with van der Waals surface area (Å²) in [5.41, 5.74) is -1.44. The van der Waals surface area contributed by atoms with Gasteiger partial charge in [-0.2, -0.15) is 0 Å². The molecular weight excluding hydrogens is 248 g/mol. The zero-order valence-corrected chi connectivity index (χ0v) is 12.0. The van der Waals surface area contributed by atoms with Gasteiger partial charge in [-0.1, -0.05) is 12.8 Å². The second kappa shape index (κ2) is 6.89. The van der Waals surface area contributed by atoms with Crippen LogP contribution in [0.3, 0.4) is 0 Å². The van der Waals surface area contributed by atoms with E-state index < -0.39 is 17.4 Å². The molecule has 0 amide bonds. The van der Waals surface area contributed by atoms with Gasteiger partial charge in [0.2, 0.25) is 0 Å². The molecular formula is C14H24O5. The number of carbonyl (C=O) groups excluding carboxylic acids is 1. The molecule has 0 aromatic rings. The third-order valence-electron chi connectivity index (χ3n) is 3.93. The Morgan fingerprint density at radius 2 is 1.89 bits per heavy atom. The lowest BCUT2D eigenvalue weighted by atomic mass is 9.72. The molecule has 5 heteroatoms. The number of carboxylic acid groups (broad SMARTS) is 1. The van der Waals surface area contributed by atoms with E-state index in [0.29, 0.717) is 0 Å². The van der Waals surface area contributed by atoms with Gasteiger partial charge in [0.05, 0.1) is 13.2 Å². The molecule has 1 aliphatic rings. The standard InChI is InChI=1S/C14H24O5/c1-10(2)19-9-8-14(12(15)16,13(17)18-3)11-6-4-5-7-11/h10-11H,4-9H2,1-3H3,(H,15,16). The zero-order valence-electron chi connectivity index (χ0n) is 12.0. The SMILES string of the molecule is COC(=O)C(CCOC(C)C)(C(=O)O)C1CCCC1. The van der Waals surface area contributed by atoms with Crippen LogP contribution in [0.2, 0.25) is 0 Å². The monoisotopic (exact) mass is 272 g/mol. The average molecular weight is 272 g/mol. The highest BCUT2D eigenvalue weighted by Gasteiger charge is 2.53. The summed E-state index contributed by atoms with van der Waals surface area (Å²) in [5, 5.41) is 9.59. The maximum Gasteiger partial charge on any atom is 0.323 e. The zero-order chi connectivity index (χ0) is 14.5. The van der Waals surface area contributed by atoms with Crippen molar-refractivity contribution < 1.29 is 24.2 Å². The molecule has 5 nitrogen and oxygen atoms in total. The first kappa shape index (κ1) is 16.0. The van der Waals surface area contributed by atoms with Crippen LogP contribution in [0.5, 0.6) is 0 Å². The predicted octanol–water partition coefficient (Wildman–Crippen LogP) is 2.24. The molecule has 1 fully saturated rings. The summed E-state index contributed by atoms with van der Waals surface area (Å²) in [6.45, 7) is 4.03.